The molecule has 0 fully saturated rings. The van der Waals surface area contributed by atoms with Crippen LogP contribution in [0, 0.1) is 6.92 Å². The van der Waals surface area contributed by atoms with Gasteiger partial charge in [0.2, 0.25) is 0 Å². The Labute approximate surface area is 86.9 Å². The van der Waals surface area contributed by atoms with Crippen molar-refractivity contribution < 1.29 is 0 Å². The van der Waals surface area contributed by atoms with Crippen LogP contribution in [0.5, 0.6) is 0 Å². The van der Waals surface area contributed by atoms with Crippen LogP contribution in [0.15, 0.2) is 23.2 Å². The second-order valence-electron chi connectivity index (χ2n) is 3.93. The molecule has 0 aliphatic carbocycles. The zero-order chi connectivity index (χ0) is 10.6. The van der Waals surface area contributed by atoms with Gasteiger partial charge in [-0.2, -0.15) is 0 Å². The zero-order valence-corrected chi connectivity index (χ0v) is 9.59. The summed E-state index contributed by atoms with van der Waals surface area (Å²) in [5.74, 6) is 0. The lowest BCUT2D eigenvalue weighted by Gasteiger charge is -2.04. The predicted octanol–water partition coefficient (Wildman–Crippen LogP) is 4.06. The van der Waals surface area contributed by atoms with Crippen molar-refractivity contribution in [3.8, 4) is 0 Å². The highest BCUT2D eigenvalue weighted by atomic mass is 14.7. The fraction of sp³-hybridized carbons (Fsp3) is 0.462. The molecule has 1 nitrogen and oxygen atoms in total. The fourth-order valence-corrected chi connectivity index (χ4v) is 1.46. The van der Waals surface area contributed by atoms with E-state index in [4.69, 9.17) is 0 Å². The standard InChI is InChI=1S/C13H19N/c1-5-6-12-8-7-11(4)13(9-12)14-10(2)3/h7-9H,5-6H2,1-4H3. The lowest BCUT2D eigenvalue weighted by atomic mass is 10.1. The Balaban J connectivity index is 3.02. The minimum Gasteiger partial charge on any atom is -0.258 e. The van der Waals surface area contributed by atoms with Gasteiger partial charge in [0.25, 0.3) is 0 Å². The van der Waals surface area contributed by atoms with Crippen molar-refractivity contribution in [2.75, 3.05) is 0 Å². The molecule has 0 heterocycles. The lowest BCUT2D eigenvalue weighted by Crippen LogP contribution is -1.86. The average Bonchev–Trinajstić information content (AvgIpc) is 2.10. The summed E-state index contributed by atoms with van der Waals surface area (Å²) in [6.07, 6.45) is 2.34. The summed E-state index contributed by atoms with van der Waals surface area (Å²) >= 11 is 0. The molecule has 0 aliphatic heterocycles. The number of aliphatic imine (C=N–C) groups is 1. The molecule has 1 aromatic carbocycles. The Hall–Kier alpha value is -1.11. The van der Waals surface area contributed by atoms with Crippen LogP contribution < -0.4 is 0 Å². The molecule has 1 aromatic rings. The van der Waals surface area contributed by atoms with E-state index in [2.05, 4.69) is 37.0 Å². The highest BCUT2D eigenvalue weighted by Gasteiger charge is 1.98. The normalized spacial score (nSPS) is 10.0. The largest absolute Gasteiger partial charge is 0.258 e. The second kappa shape index (κ2) is 4.94. The average molecular weight is 189 g/mol. The second-order valence-corrected chi connectivity index (χ2v) is 3.93. The first-order valence-corrected chi connectivity index (χ1v) is 5.25. The highest BCUT2D eigenvalue weighted by molar-refractivity contribution is 5.82. The van der Waals surface area contributed by atoms with Crippen LogP contribution in [0.3, 0.4) is 0 Å². The van der Waals surface area contributed by atoms with Crippen LogP contribution in [-0.2, 0) is 6.42 Å². The summed E-state index contributed by atoms with van der Waals surface area (Å²) in [5, 5.41) is 0. The van der Waals surface area contributed by atoms with Gasteiger partial charge in [-0.3, -0.25) is 4.99 Å². The van der Waals surface area contributed by atoms with Crippen LogP contribution in [0.1, 0.15) is 38.3 Å². The molecule has 0 radical (unpaired) electrons. The van der Waals surface area contributed by atoms with Gasteiger partial charge in [0.1, 0.15) is 0 Å². The summed E-state index contributed by atoms with van der Waals surface area (Å²) < 4.78 is 0. The Morgan fingerprint density at radius 3 is 2.57 bits per heavy atom. The Bertz CT molecular complexity index is 333. The van der Waals surface area contributed by atoms with E-state index in [1.807, 2.05) is 13.8 Å². The van der Waals surface area contributed by atoms with Crippen LogP contribution in [0.2, 0.25) is 0 Å². The first-order chi connectivity index (χ1) is 6.63. The third-order valence-corrected chi connectivity index (χ3v) is 2.16. The molecule has 76 valence electrons. The molecule has 0 N–H and O–H groups in total. The first-order valence-electron chi connectivity index (χ1n) is 5.25. The van der Waals surface area contributed by atoms with Crippen LogP contribution in [0.25, 0.3) is 0 Å². The number of aryl methyl sites for hydroxylation is 2. The molecule has 0 spiro atoms. The van der Waals surface area contributed by atoms with Gasteiger partial charge in [-0.25, -0.2) is 0 Å². The number of benzene rings is 1. The molecule has 0 aromatic heterocycles. The highest BCUT2D eigenvalue weighted by Crippen LogP contribution is 2.21. The topological polar surface area (TPSA) is 12.4 Å². The number of hydrogen-bond acceptors (Lipinski definition) is 1. The van der Waals surface area contributed by atoms with E-state index in [0.29, 0.717) is 0 Å². The van der Waals surface area contributed by atoms with Gasteiger partial charge in [0.15, 0.2) is 0 Å². The third kappa shape index (κ3) is 2.99. The molecule has 0 aliphatic rings. The van der Waals surface area contributed by atoms with Gasteiger partial charge in [-0.05, 0) is 44.4 Å². The van der Waals surface area contributed by atoms with Crippen molar-refractivity contribution >= 4 is 11.4 Å². The van der Waals surface area contributed by atoms with Crippen molar-refractivity contribution in [3.63, 3.8) is 0 Å². The van der Waals surface area contributed by atoms with Crippen LogP contribution in [-0.4, -0.2) is 5.71 Å². The molecule has 0 saturated heterocycles. The van der Waals surface area contributed by atoms with E-state index in [1.54, 1.807) is 0 Å². The lowest BCUT2D eigenvalue weighted by molar-refractivity contribution is 0.921. The van der Waals surface area contributed by atoms with Crippen molar-refractivity contribution in [1.29, 1.82) is 0 Å². The minimum atomic E-state index is 1.11. The predicted molar refractivity (Wildman–Crippen MR) is 63.6 cm³/mol. The van der Waals surface area contributed by atoms with Crippen molar-refractivity contribution in [1.82, 2.24) is 0 Å². The molecule has 0 unspecified atom stereocenters. The minimum absolute atomic E-state index is 1.11. The number of rotatable bonds is 3. The summed E-state index contributed by atoms with van der Waals surface area (Å²) in [5.41, 5.74) is 4.88. The monoisotopic (exact) mass is 189 g/mol. The van der Waals surface area contributed by atoms with Gasteiger partial charge in [-0.15, -0.1) is 0 Å². The van der Waals surface area contributed by atoms with Gasteiger partial charge < -0.3 is 0 Å². The van der Waals surface area contributed by atoms with Gasteiger partial charge in [0, 0.05) is 5.71 Å². The molecule has 0 atom stereocenters. The molecular weight excluding hydrogens is 170 g/mol. The molecule has 0 amide bonds. The van der Waals surface area contributed by atoms with Crippen LogP contribution >= 0.6 is 0 Å². The maximum absolute atomic E-state index is 4.52. The van der Waals surface area contributed by atoms with E-state index < -0.39 is 0 Å². The number of hydrogen-bond donors (Lipinski definition) is 0. The third-order valence-electron chi connectivity index (χ3n) is 2.16. The smallest absolute Gasteiger partial charge is 0.0660 e. The van der Waals surface area contributed by atoms with Crippen LogP contribution in [0.4, 0.5) is 5.69 Å². The summed E-state index contributed by atoms with van der Waals surface area (Å²) in [6, 6.07) is 6.56. The quantitative estimate of drug-likeness (QED) is 0.636. The van der Waals surface area contributed by atoms with Crippen molar-refractivity contribution in [2.24, 2.45) is 4.99 Å². The fourth-order valence-electron chi connectivity index (χ4n) is 1.46. The summed E-state index contributed by atoms with van der Waals surface area (Å²) in [6.45, 7) is 8.38. The van der Waals surface area contributed by atoms with E-state index in [9.17, 15) is 0 Å². The van der Waals surface area contributed by atoms with E-state index in [-0.39, 0.29) is 0 Å². The molecule has 14 heavy (non-hydrogen) atoms. The summed E-state index contributed by atoms with van der Waals surface area (Å²) in [4.78, 5) is 4.52. The molecule has 1 rings (SSSR count). The Morgan fingerprint density at radius 2 is 2.00 bits per heavy atom. The molecular formula is C13H19N. The molecule has 0 bridgehead atoms. The van der Waals surface area contributed by atoms with Gasteiger partial charge in [-0.1, -0.05) is 25.5 Å². The van der Waals surface area contributed by atoms with Gasteiger partial charge >= 0.3 is 0 Å². The molecule has 0 saturated carbocycles. The molecule has 1 heteroatoms. The first kappa shape index (κ1) is 11.0. The van der Waals surface area contributed by atoms with Crippen molar-refractivity contribution in [3.05, 3.63) is 29.3 Å². The van der Waals surface area contributed by atoms with Gasteiger partial charge in [0.05, 0.1) is 5.69 Å². The summed E-state index contributed by atoms with van der Waals surface area (Å²) in [7, 11) is 0. The number of nitrogens with zero attached hydrogens (tertiary/aromatic N) is 1. The van der Waals surface area contributed by atoms with E-state index >= 15 is 0 Å². The Morgan fingerprint density at radius 1 is 1.29 bits per heavy atom. The van der Waals surface area contributed by atoms with E-state index in [1.165, 1.54) is 17.5 Å². The Kier molecular flexibility index (Phi) is 3.87. The van der Waals surface area contributed by atoms with Crippen molar-refractivity contribution in [2.45, 2.75) is 40.5 Å². The maximum atomic E-state index is 4.52. The van der Waals surface area contributed by atoms with E-state index in [0.717, 1.165) is 17.8 Å². The SMILES string of the molecule is CCCc1ccc(C)c(N=C(C)C)c1. The maximum Gasteiger partial charge on any atom is 0.0660 e. The zero-order valence-electron chi connectivity index (χ0n) is 9.59.